The number of nitrogens with zero attached hydrogens (tertiary/aromatic N) is 3. The third-order valence-corrected chi connectivity index (χ3v) is 3.67. The summed E-state index contributed by atoms with van der Waals surface area (Å²) in [4.78, 5) is 8.51. The van der Waals surface area contributed by atoms with Crippen LogP contribution in [-0.2, 0) is 6.42 Å². The van der Waals surface area contributed by atoms with Crippen LogP contribution < -0.4 is 5.73 Å². The highest BCUT2D eigenvalue weighted by atomic mass is 79.9. The highest BCUT2D eigenvalue weighted by Gasteiger charge is 2.11. The number of hydrogen-bond donors (Lipinski definition) is 1. The number of thiazole rings is 1. The minimum absolute atomic E-state index is 0.495. The van der Waals surface area contributed by atoms with Crippen LogP contribution in [0.3, 0.4) is 0 Å². The van der Waals surface area contributed by atoms with E-state index in [0.717, 1.165) is 15.7 Å². The number of anilines is 1. The van der Waals surface area contributed by atoms with Crippen LogP contribution in [0.2, 0.25) is 0 Å². The SMILES string of the molecule is Nc1nc(Cc2nc(-c3cccc(Br)c3)no2)cs1. The van der Waals surface area contributed by atoms with Gasteiger partial charge in [-0.25, -0.2) is 4.98 Å². The molecule has 0 saturated heterocycles. The molecule has 1 aromatic carbocycles. The zero-order valence-electron chi connectivity index (χ0n) is 9.71. The maximum Gasteiger partial charge on any atom is 0.233 e. The zero-order chi connectivity index (χ0) is 13.2. The van der Waals surface area contributed by atoms with Gasteiger partial charge in [-0.3, -0.25) is 0 Å². The summed E-state index contributed by atoms with van der Waals surface area (Å²) in [5.74, 6) is 1.10. The lowest BCUT2D eigenvalue weighted by molar-refractivity contribution is 0.385. The van der Waals surface area contributed by atoms with Gasteiger partial charge in [-0.05, 0) is 12.1 Å². The van der Waals surface area contributed by atoms with Crippen LogP contribution in [0, 0.1) is 0 Å². The Hall–Kier alpha value is -1.73. The summed E-state index contributed by atoms with van der Waals surface area (Å²) in [7, 11) is 0. The van der Waals surface area contributed by atoms with Gasteiger partial charge in [-0.2, -0.15) is 4.98 Å². The molecule has 2 N–H and O–H groups in total. The molecule has 0 fully saturated rings. The second-order valence-corrected chi connectivity index (χ2v) is 5.68. The zero-order valence-corrected chi connectivity index (χ0v) is 12.1. The van der Waals surface area contributed by atoms with Crippen LogP contribution in [-0.4, -0.2) is 15.1 Å². The largest absolute Gasteiger partial charge is 0.375 e. The number of benzene rings is 1. The summed E-state index contributed by atoms with van der Waals surface area (Å²) >= 11 is 4.81. The van der Waals surface area contributed by atoms with Crippen molar-refractivity contribution in [2.75, 3.05) is 5.73 Å². The standard InChI is InChI=1S/C12H9BrN4OS/c13-8-3-1-2-7(4-8)11-16-10(18-17-11)5-9-6-19-12(14)15-9/h1-4,6H,5H2,(H2,14,15). The Morgan fingerprint density at radius 2 is 2.21 bits per heavy atom. The Balaban J connectivity index is 1.83. The normalized spacial score (nSPS) is 10.8. The summed E-state index contributed by atoms with van der Waals surface area (Å²) in [5.41, 5.74) is 7.33. The molecule has 0 unspecified atom stereocenters. The van der Waals surface area contributed by atoms with Crippen molar-refractivity contribution in [3.63, 3.8) is 0 Å². The van der Waals surface area contributed by atoms with Crippen LogP contribution in [0.5, 0.6) is 0 Å². The molecular formula is C12H9BrN4OS. The first-order valence-corrected chi connectivity index (χ1v) is 7.16. The third-order valence-electron chi connectivity index (χ3n) is 2.45. The molecular weight excluding hydrogens is 328 g/mol. The van der Waals surface area contributed by atoms with Crippen LogP contribution in [0.25, 0.3) is 11.4 Å². The molecule has 2 aromatic heterocycles. The molecule has 0 aliphatic rings. The van der Waals surface area contributed by atoms with Crippen molar-refractivity contribution >= 4 is 32.4 Å². The number of nitrogen functional groups attached to an aromatic ring is 1. The van der Waals surface area contributed by atoms with E-state index < -0.39 is 0 Å². The smallest absolute Gasteiger partial charge is 0.233 e. The summed E-state index contributed by atoms with van der Waals surface area (Å²) in [6, 6.07) is 7.74. The van der Waals surface area contributed by atoms with Crippen LogP contribution >= 0.6 is 27.3 Å². The number of rotatable bonds is 3. The quantitative estimate of drug-likeness (QED) is 0.794. The molecule has 96 valence electrons. The van der Waals surface area contributed by atoms with E-state index in [1.165, 1.54) is 11.3 Å². The maximum atomic E-state index is 5.58. The molecule has 0 aliphatic carbocycles. The van der Waals surface area contributed by atoms with Gasteiger partial charge in [-0.1, -0.05) is 33.2 Å². The topological polar surface area (TPSA) is 77.8 Å². The first-order valence-electron chi connectivity index (χ1n) is 5.49. The van der Waals surface area contributed by atoms with Gasteiger partial charge in [0.05, 0.1) is 12.1 Å². The van der Waals surface area contributed by atoms with Gasteiger partial charge in [0.2, 0.25) is 11.7 Å². The molecule has 3 aromatic rings. The highest BCUT2D eigenvalue weighted by Crippen LogP contribution is 2.21. The number of halogens is 1. The van der Waals surface area contributed by atoms with E-state index >= 15 is 0 Å². The number of nitrogens with two attached hydrogens (primary N) is 1. The summed E-state index contributed by atoms with van der Waals surface area (Å²) in [5, 5.41) is 6.40. The lowest BCUT2D eigenvalue weighted by Crippen LogP contribution is -1.90. The van der Waals surface area contributed by atoms with E-state index in [-0.39, 0.29) is 0 Å². The Bertz CT molecular complexity index is 709. The molecule has 5 nitrogen and oxygen atoms in total. The fourth-order valence-electron chi connectivity index (χ4n) is 1.63. The number of aromatic nitrogens is 3. The lowest BCUT2D eigenvalue weighted by atomic mass is 10.2. The Morgan fingerprint density at radius 1 is 1.32 bits per heavy atom. The first kappa shape index (κ1) is 12.3. The fraction of sp³-hybridized carbons (Fsp3) is 0.0833. The van der Waals surface area contributed by atoms with Crippen molar-refractivity contribution in [1.29, 1.82) is 0 Å². The van der Waals surface area contributed by atoms with Gasteiger partial charge >= 0.3 is 0 Å². The average molecular weight is 337 g/mol. The van der Waals surface area contributed by atoms with Crippen LogP contribution in [0.15, 0.2) is 38.6 Å². The van der Waals surface area contributed by atoms with Gasteiger partial charge in [0.25, 0.3) is 0 Å². The van der Waals surface area contributed by atoms with Gasteiger partial charge in [0.15, 0.2) is 5.13 Å². The van der Waals surface area contributed by atoms with Crippen LogP contribution in [0.1, 0.15) is 11.6 Å². The van der Waals surface area contributed by atoms with Crippen LogP contribution in [0.4, 0.5) is 5.13 Å². The Labute approximate surface area is 121 Å². The van der Waals surface area contributed by atoms with Gasteiger partial charge in [0.1, 0.15) is 0 Å². The Morgan fingerprint density at radius 3 is 2.95 bits per heavy atom. The van der Waals surface area contributed by atoms with Crippen molar-refractivity contribution in [2.24, 2.45) is 0 Å². The van der Waals surface area contributed by atoms with Crippen molar-refractivity contribution < 1.29 is 4.52 Å². The minimum atomic E-state index is 0.495. The van der Waals surface area contributed by atoms with Gasteiger partial charge in [0, 0.05) is 15.4 Å². The second kappa shape index (κ2) is 5.10. The first-order chi connectivity index (χ1) is 9.20. The number of hydrogen-bond acceptors (Lipinski definition) is 6. The maximum absolute atomic E-state index is 5.58. The highest BCUT2D eigenvalue weighted by molar-refractivity contribution is 9.10. The van der Waals surface area contributed by atoms with Crippen molar-refractivity contribution in [3.05, 3.63) is 45.7 Å². The molecule has 19 heavy (non-hydrogen) atoms. The second-order valence-electron chi connectivity index (χ2n) is 3.88. The lowest BCUT2D eigenvalue weighted by Gasteiger charge is -1.94. The van der Waals surface area contributed by atoms with E-state index in [2.05, 4.69) is 31.1 Å². The summed E-state index contributed by atoms with van der Waals surface area (Å²) < 4.78 is 6.20. The molecule has 2 heterocycles. The van der Waals surface area contributed by atoms with Gasteiger partial charge < -0.3 is 10.3 Å². The van der Waals surface area contributed by atoms with E-state index in [0.29, 0.717) is 23.3 Å². The molecule has 0 amide bonds. The van der Waals surface area contributed by atoms with Crippen molar-refractivity contribution in [1.82, 2.24) is 15.1 Å². The molecule has 7 heteroatoms. The van der Waals surface area contributed by atoms with Gasteiger partial charge in [-0.15, -0.1) is 11.3 Å². The molecule has 0 atom stereocenters. The fourth-order valence-corrected chi connectivity index (χ4v) is 2.59. The predicted molar refractivity (Wildman–Crippen MR) is 76.8 cm³/mol. The minimum Gasteiger partial charge on any atom is -0.375 e. The van der Waals surface area contributed by atoms with Crippen molar-refractivity contribution in [3.8, 4) is 11.4 Å². The Kier molecular flexibility index (Phi) is 3.31. The summed E-state index contributed by atoms with van der Waals surface area (Å²) in [6.45, 7) is 0. The molecule has 3 rings (SSSR count). The monoisotopic (exact) mass is 336 g/mol. The molecule has 0 radical (unpaired) electrons. The van der Waals surface area contributed by atoms with E-state index in [4.69, 9.17) is 10.3 Å². The molecule has 0 bridgehead atoms. The van der Waals surface area contributed by atoms with E-state index in [1.807, 2.05) is 29.6 Å². The molecule has 0 spiro atoms. The van der Waals surface area contributed by atoms with E-state index in [9.17, 15) is 0 Å². The van der Waals surface area contributed by atoms with E-state index in [1.54, 1.807) is 0 Å². The predicted octanol–water partition coefficient (Wildman–Crippen LogP) is 3.13. The third kappa shape index (κ3) is 2.82. The molecule has 0 aliphatic heterocycles. The van der Waals surface area contributed by atoms with Crippen molar-refractivity contribution in [2.45, 2.75) is 6.42 Å². The molecule has 0 saturated carbocycles. The average Bonchev–Trinajstić information content (AvgIpc) is 2.99. The summed E-state index contributed by atoms with van der Waals surface area (Å²) in [6.07, 6.45) is 0.495.